The van der Waals surface area contributed by atoms with Gasteiger partial charge in [0.05, 0.1) is 29.7 Å². The van der Waals surface area contributed by atoms with E-state index in [2.05, 4.69) is 15.4 Å². The lowest BCUT2D eigenvalue weighted by Gasteiger charge is -2.08. The van der Waals surface area contributed by atoms with Crippen molar-refractivity contribution in [1.82, 2.24) is 19.3 Å². The van der Waals surface area contributed by atoms with E-state index in [-0.39, 0.29) is 0 Å². The summed E-state index contributed by atoms with van der Waals surface area (Å²) in [6.45, 7) is 2.43. The van der Waals surface area contributed by atoms with Gasteiger partial charge in [-0.15, -0.1) is 0 Å². The maximum absolute atomic E-state index is 12.7. The number of hydrogen-bond donors (Lipinski definition) is 1. The number of alkyl halides is 3. The summed E-state index contributed by atoms with van der Waals surface area (Å²) in [5, 5.41) is 7.00. The molecule has 0 fully saturated rings. The van der Waals surface area contributed by atoms with E-state index >= 15 is 0 Å². The number of hydrogen-bond acceptors (Lipinski definition) is 3. The van der Waals surface area contributed by atoms with Crippen molar-refractivity contribution < 1.29 is 13.2 Å². The first kappa shape index (κ1) is 16.1. The molecule has 0 saturated heterocycles. The number of nitrogens with zero attached hydrogens (tertiary/aromatic N) is 4. The summed E-state index contributed by atoms with van der Waals surface area (Å²) < 4.78 is 41.1. The summed E-state index contributed by atoms with van der Waals surface area (Å²) in [5.41, 5.74) is 1.48. The van der Waals surface area contributed by atoms with Gasteiger partial charge in [0.25, 0.3) is 0 Å². The number of aromatic nitrogens is 4. The molecular formula is C16H16F3N5. The smallest absolute Gasteiger partial charge is 0.378 e. The van der Waals surface area contributed by atoms with Gasteiger partial charge in [0.1, 0.15) is 5.82 Å². The molecule has 8 heteroatoms. The molecule has 0 spiro atoms. The molecule has 0 amide bonds. The number of nitrogens with one attached hydrogen (secondary N) is 1. The summed E-state index contributed by atoms with van der Waals surface area (Å²) in [6.07, 6.45) is -0.683. The molecule has 2 aromatic heterocycles. The molecule has 3 rings (SSSR count). The fraction of sp³-hybridized carbons (Fsp3) is 0.250. The number of rotatable bonds is 4. The average Bonchev–Trinajstić information content (AvgIpc) is 3.12. The number of halogens is 3. The lowest BCUT2D eigenvalue weighted by molar-refractivity contribution is -0.137. The highest BCUT2D eigenvalue weighted by Gasteiger charge is 2.32. The third kappa shape index (κ3) is 3.42. The van der Waals surface area contributed by atoms with Gasteiger partial charge in [0, 0.05) is 25.1 Å². The maximum atomic E-state index is 12.7. The molecule has 0 saturated carbocycles. The van der Waals surface area contributed by atoms with E-state index in [4.69, 9.17) is 0 Å². The first-order valence-corrected chi connectivity index (χ1v) is 7.28. The summed E-state index contributed by atoms with van der Waals surface area (Å²) in [5.74, 6) is 0.872. The van der Waals surface area contributed by atoms with Crippen molar-refractivity contribution in [3.63, 3.8) is 0 Å². The SMILES string of the molecule is Cc1cn(C)c(CNc2cccc(-n3cc(C(F)(F)F)cn3)c2)n1. The van der Waals surface area contributed by atoms with Gasteiger partial charge in [-0.2, -0.15) is 18.3 Å². The predicted molar refractivity (Wildman–Crippen MR) is 83.8 cm³/mol. The molecule has 0 unspecified atom stereocenters. The summed E-state index contributed by atoms with van der Waals surface area (Å²) in [7, 11) is 1.91. The van der Waals surface area contributed by atoms with E-state index in [1.807, 2.05) is 30.8 Å². The molecule has 5 nitrogen and oxygen atoms in total. The zero-order chi connectivity index (χ0) is 17.3. The van der Waals surface area contributed by atoms with Crippen molar-refractivity contribution in [1.29, 1.82) is 0 Å². The molecule has 0 bridgehead atoms. The van der Waals surface area contributed by atoms with Crippen LogP contribution in [0.3, 0.4) is 0 Å². The maximum Gasteiger partial charge on any atom is 0.419 e. The first-order chi connectivity index (χ1) is 11.3. The Bertz CT molecular complexity index is 848. The van der Waals surface area contributed by atoms with Gasteiger partial charge >= 0.3 is 6.18 Å². The molecule has 24 heavy (non-hydrogen) atoms. The molecule has 0 aliphatic rings. The van der Waals surface area contributed by atoms with E-state index in [0.29, 0.717) is 12.2 Å². The van der Waals surface area contributed by atoms with Crippen molar-refractivity contribution in [2.45, 2.75) is 19.6 Å². The molecule has 1 aromatic carbocycles. The van der Waals surface area contributed by atoms with Crippen molar-refractivity contribution in [2.24, 2.45) is 7.05 Å². The van der Waals surface area contributed by atoms with Crippen LogP contribution in [0.25, 0.3) is 5.69 Å². The van der Waals surface area contributed by atoms with Crippen LogP contribution in [0.2, 0.25) is 0 Å². The van der Waals surface area contributed by atoms with Gasteiger partial charge in [-0.25, -0.2) is 9.67 Å². The van der Waals surface area contributed by atoms with Crippen LogP contribution in [0.5, 0.6) is 0 Å². The largest absolute Gasteiger partial charge is 0.419 e. The molecule has 0 aliphatic carbocycles. The number of anilines is 1. The molecule has 0 radical (unpaired) electrons. The van der Waals surface area contributed by atoms with Crippen LogP contribution in [-0.2, 0) is 19.8 Å². The van der Waals surface area contributed by atoms with E-state index < -0.39 is 11.7 Å². The van der Waals surface area contributed by atoms with Gasteiger partial charge in [-0.05, 0) is 25.1 Å². The Kier molecular flexibility index (Phi) is 4.04. The van der Waals surface area contributed by atoms with Crippen LogP contribution in [0.1, 0.15) is 17.1 Å². The second-order valence-corrected chi connectivity index (χ2v) is 5.48. The molecule has 2 heterocycles. The number of aryl methyl sites for hydroxylation is 2. The highest BCUT2D eigenvalue weighted by molar-refractivity contribution is 5.51. The average molecular weight is 335 g/mol. The van der Waals surface area contributed by atoms with Crippen LogP contribution < -0.4 is 5.32 Å². The van der Waals surface area contributed by atoms with Crippen molar-refractivity contribution >= 4 is 5.69 Å². The minimum absolute atomic E-state index is 0.515. The Morgan fingerprint density at radius 3 is 2.62 bits per heavy atom. The molecule has 126 valence electrons. The molecule has 0 aliphatic heterocycles. The molecule has 3 aromatic rings. The molecular weight excluding hydrogens is 319 g/mol. The van der Waals surface area contributed by atoms with Crippen molar-refractivity contribution in [3.8, 4) is 5.69 Å². The first-order valence-electron chi connectivity index (χ1n) is 7.28. The Morgan fingerprint density at radius 2 is 2.00 bits per heavy atom. The monoisotopic (exact) mass is 335 g/mol. The predicted octanol–water partition coefficient (Wildman–Crippen LogP) is 3.55. The van der Waals surface area contributed by atoms with Crippen LogP contribution in [-0.4, -0.2) is 19.3 Å². The van der Waals surface area contributed by atoms with Crippen molar-refractivity contribution in [2.75, 3.05) is 5.32 Å². The van der Waals surface area contributed by atoms with Crippen LogP contribution in [0, 0.1) is 6.92 Å². The minimum Gasteiger partial charge on any atom is -0.378 e. The second-order valence-electron chi connectivity index (χ2n) is 5.48. The van der Waals surface area contributed by atoms with Gasteiger partial charge in [-0.3, -0.25) is 0 Å². The highest BCUT2D eigenvalue weighted by Crippen LogP contribution is 2.29. The Morgan fingerprint density at radius 1 is 1.21 bits per heavy atom. The third-order valence-electron chi connectivity index (χ3n) is 3.56. The lowest BCUT2D eigenvalue weighted by atomic mass is 10.2. The summed E-state index contributed by atoms with van der Waals surface area (Å²) in [4.78, 5) is 4.39. The molecule has 0 atom stereocenters. The van der Waals surface area contributed by atoms with Crippen LogP contribution in [0.4, 0.5) is 18.9 Å². The van der Waals surface area contributed by atoms with E-state index in [1.165, 1.54) is 4.68 Å². The quantitative estimate of drug-likeness (QED) is 0.793. The Balaban J connectivity index is 1.77. The topological polar surface area (TPSA) is 47.7 Å². The second kappa shape index (κ2) is 6.03. The zero-order valence-electron chi connectivity index (χ0n) is 13.2. The fourth-order valence-electron chi connectivity index (χ4n) is 2.38. The van der Waals surface area contributed by atoms with Gasteiger partial charge in [0.15, 0.2) is 0 Å². The van der Waals surface area contributed by atoms with Crippen molar-refractivity contribution in [3.05, 3.63) is 59.9 Å². The number of imidazole rings is 1. The van der Waals surface area contributed by atoms with Gasteiger partial charge in [-0.1, -0.05) is 6.07 Å². The fourth-order valence-corrected chi connectivity index (χ4v) is 2.38. The van der Waals surface area contributed by atoms with Crippen LogP contribution >= 0.6 is 0 Å². The van der Waals surface area contributed by atoms with E-state index in [0.717, 1.165) is 29.6 Å². The third-order valence-corrected chi connectivity index (χ3v) is 3.56. The van der Waals surface area contributed by atoms with Crippen LogP contribution in [0.15, 0.2) is 42.9 Å². The normalized spacial score (nSPS) is 11.7. The summed E-state index contributed by atoms with van der Waals surface area (Å²) >= 11 is 0. The van der Waals surface area contributed by atoms with Gasteiger partial charge < -0.3 is 9.88 Å². The lowest BCUT2D eigenvalue weighted by Crippen LogP contribution is -2.06. The number of benzene rings is 1. The Hall–Kier alpha value is -2.77. The van der Waals surface area contributed by atoms with E-state index in [1.54, 1.807) is 18.2 Å². The Labute approximate surface area is 136 Å². The minimum atomic E-state index is -4.40. The van der Waals surface area contributed by atoms with Gasteiger partial charge in [0.2, 0.25) is 0 Å². The summed E-state index contributed by atoms with van der Waals surface area (Å²) in [6, 6.07) is 7.04. The molecule has 1 N–H and O–H groups in total. The standard InChI is InChI=1S/C16H16F3N5/c1-11-9-23(2)15(22-11)8-20-13-4-3-5-14(6-13)24-10-12(7-21-24)16(17,18)19/h3-7,9-10,20H,8H2,1-2H3. The zero-order valence-corrected chi connectivity index (χ0v) is 13.2. The van der Waals surface area contributed by atoms with E-state index in [9.17, 15) is 13.2 Å². The highest BCUT2D eigenvalue weighted by atomic mass is 19.4.